The average Bonchev–Trinajstić information content (AvgIpc) is 3.39. The second-order valence-corrected chi connectivity index (χ2v) is 8.58. The SMILES string of the molecule is O=c1[nH]c(CN2CCN(c3ccccn3)CC2)nc2scc(-c3cccs3)c12. The molecule has 1 fully saturated rings. The Balaban J connectivity index is 1.32. The minimum absolute atomic E-state index is 0.0447. The summed E-state index contributed by atoms with van der Waals surface area (Å²) in [4.78, 5) is 31.5. The van der Waals surface area contributed by atoms with E-state index in [4.69, 9.17) is 4.98 Å². The van der Waals surface area contributed by atoms with Gasteiger partial charge in [-0.3, -0.25) is 9.69 Å². The van der Waals surface area contributed by atoms with Gasteiger partial charge < -0.3 is 9.88 Å². The molecule has 0 atom stereocenters. The van der Waals surface area contributed by atoms with Crippen LogP contribution in [0.1, 0.15) is 5.82 Å². The third kappa shape index (κ3) is 3.34. The molecule has 0 amide bonds. The monoisotopic (exact) mass is 409 g/mol. The van der Waals surface area contributed by atoms with Gasteiger partial charge in [0, 0.05) is 48.2 Å². The first-order valence-corrected chi connectivity index (χ1v) is 11.0. The van der Waals surface area contributed by atoms with Gasteiger partial charge in [-0.25, -0.2) is 9.97 Å². The zero-order valence-corrected chi connectivity index (χ0v) is 16.8. The number of piperazine rings is 1. The van der Waals surface area contributed by atoms with Crippen LogP contribution in [0.4, 0.5) is 5.82 Å². The van der Waals surface area contributed by atoms with Crippen LogP contribution in [0.5, 0.6) is 0 Å². The lowest BCUT2D eigenvalue weighted by Gasteiger charge is -2.35. The van der Waals surface area contributed by atoms with Crippen LogP contribution in [-0.2, 0) is 6.54 Å². The number of nitrogens with one attached hydrogen (secondary N) is 1. The normalized spacial score (nSPS) is 15.4. The number of fused-ring (bicyclic) bond motifs is 1. The summed E-state index contributed by atoms with van der Waals surface area (Å²) in [5.74, 6) is 1.76. The molecular formula is C20H19N5OS2. The molecule has 0 unspecified atom stereocenters. The molecule has 5 rings (SSSR count). The molecule has 4 aromatic heterocycles. The lowest BCUT2D eigenvalue weighted by atomic mass is 10.2. The Hall–Kier alpha value is -2.55. The number of anilines is 1. The van der Waals surface area contributed by atoms with Crippen LogP contribution in [0.25, 0.3) is 20.7 Å². The van der Waals surface area contributed by atoms with Crippen molar-refractivity contribution in [2.75, 3.05) is 31.1 Å². The lowest BCUT2D eigenvalue weighted by molar-refractivity contribution is 0.243. The Labute approximate surface area is 170 Å². The Kier molecular flexibility index (Phi) is 4.67. The van der Waals surface area contributed by atoms with Gasteiger partial charge in [0.15, 0.2) is 0 Å². The first kappa shape index (κ1) is 17.5. The Morgan fingerprint density at radius 3 is 2.71 bits per heavy atom. The summed E-state index contributed by atoms with van der Waals surface area (Å²) in [5, 5.41) is 4.77. The molecule has 4 aromatic rings. The zero-order valence-electron chi connectivity index (χ0n) is 15.2. The van der Waals surface area contributed by atoms with Crippen LogP contribution in [0, 0.1) is 0 Å². The van der Waals surface area contributed by atoms with Gasteiger partial charge in [-0.2, -0.15) is 0 Å². The minimum Gasteiger partial charge on any atom is -0.354 e. The van der Waals surface area contributed by atoms with Crippen molar-refractivity contribution in [2.24, 2.45) is 0 Å². The van der Waals surface area contributed by atoms with Crippen molar-refractivity contribution in [3.63, 3.8) is 0 Å². The summed E-state index contributed by atoms with van der Waals surface area (Å²) in [7, 11) is 0. The van der Waals surface area contributed by atoms with Crippen LogP contribution >= 0.6 is 22.7 Å². The third-order valence-corrected chi connectivity index (χ3v) is 6.77. The van der Waals surface area contributed by atoms with Gasteiger partial charge in [-0.1, -0.05) is 12.1 Å². The molecule has 0 radical (unpaired) electrons. The van der Waals surface area contributed by atoms with E-state index in [0.717, 1.165) is 53.1 Å². The molecule has 0 bridgehead atoms. The van der Waals surface area contributed by atoms with Gasteiger partial charge in [0.25, 0.3) is 5.56 Å². The van der Waals surface area contributed by atoms with Crippen molar-refractivity contribution in [1.29, 1.82) is 0 Å². The van der Waals surface area contributed by atoms with E-state index >= 15 is 0 Å². The summed E-state index contributed by atoms with van der Waals surface area (Å²) < 4.78 is 0. The van der Waals surface area contributed by atoms with Crippen molar-refractivity contribution in [1.82, 2.24) is 19.9 Å². The highest BCUT2D eigenvalue weighted by atomic mass is 32.1. The molecule has 1 aliphatic heterocycles. The quantitative estimate of drug-likeness (QED) is 0.559. The van der Waals surface area contributed by atoms with Crippen LogP contribution in [0.15, 0.2) is 52.1 Å². The zero-order chi connectivity index (χ0) is 18.9. The van der Waals surface area contributed by atoms with Gasteiger partial charge in [-0.15, -0.1) is 22.7 Å². The fourth-order valence-corrected chi connectivity index (χ4v) is 5.35. The van der Waals surface area contributed by atoms with E-state index < -0.39 is 0 Å². The van der Waals surface area contributed by atoms with Gasteiger partial charge in [0.1, 0.15) is 16.5 Å². The second kappa shape index (κ2) is 7.46. The van der Waals surface area contributed by atoms with Crippen molar-refractivity contribution in [2.45, 2.75) is 6.54 Å². The standard InChI is InChI=1S/C20H19N5OS2/c26-19-18-14(15-4-3-11-27-15)13-28-20(18)23-16(22-19)12-24-7-9-25(10-8-24)17-5-1-2-6-21-17/h1-6,11,13H,7-10,12H2,(H,22,23,26). The van der Waals surface area contributed by atoms with Gasteiger partial charge in [0.05, 0.1) is 11.9 Å². The summed E-state index contributed by atoms with van der Waals surface area (Å²) in [6, 6.07) is 10.0. The number of pyridine rings is 1. The van der Waals surface area contributed by atoms with E-state index in [1.165, 1.54) is 0 Å². The molecule has 0 aliphatic carbocycles. The molecule has 1 saturated heterocycles. The number of nitrogens with zero attached hydrogens (tertiary/aromatic N) is 4. The molecule has 0 aromatic carbocycles. The summed E-state index contributed by atoms with van der Waals surface area (Å²) in [6.07, 6.45) is 1.83. The maximum absolute atomic E-state index is 12.7. The maximum Gasteiger partial charge on any atom is 0.260 e. The van der Waals surface area contributed by atoms with E-state index in [0.29, 0.717) is 11.9 Å². The predicted molar refractivity (Wildman–Crippen MR) is 115 cm³/mol. The van der Waals surface area contributed by atoms with Gasteiger partial charge >= 0.3 is 0 Å². The molecule has 1 aliphatic rings. The number of rotatable bonds is 4. The fourth-order valence-electron chi connectivity index (χ4n) is 3.57. The summed E-state index contributed by atoms with van der Waals surface area (Å²) >= 11 is 3.18. The number of hydrogen-bond acceptors (Lipinski definition) is 7. The highest BCUT2D eigenvalue weighted by Gasteiger charge is 2.20. The van der Waals surface area contributed by atoms with Crippen molar-refractivity contribution >= 4 is 38.7 Å². The summed E-state index contributed by atoms with van der Waals surface area (Å²) in [6.45, 7) is 4.34. The average molecular weight is 410 g/mol. The van der Waals surface area contributed by atoms with Crippen molar-refractivity contribution < 1.29 is 0 Å². The van der Waals surface area contributed by atoms with Crippen LogP contribution < -0.4 is 10.5 Å². The predicted octanol–water partition coefficient (Wildman–Crippen LogP) is 3.43. The third-order valence-electron chi connectivity index (χ3n) is 5.00. The minimum atomic E-state index is -0.0447. The molecule has 1 N–H and O–H groups in total. The number of aromatic amines is 1. The molecule has 5 heterocycles. The number of hydrogen-bond donors (Lipinski definition) is 1. The Morgan fingerprint density at radius 1 is 1.07 bits per heavy atom. The van der Waals surface area contributed by atoms with Crippen LogP contribution in [0.2, 0.25) is 0 Å². The molecule has 0 saturated carbocycles. The number of aromatic nitrogens is 3. The smallest absolute Gasteiger partial charge is 0.260 e. The van der Waals surface area contributed by atoms with Crippen LogP contribution in [-0.4, -0.2) is 46.0 Å². The molecule has 0 spiro atoms. The van der Waals surface area contributed by atoms with E-state index in [1.54, 1.807) is 22.7 Å². The Morgan fingerprint density at radius 2 is 1.96 bits per heavy atom. The molecule has 28 heavy (non-hydrogen) atoms. The molecule has 6 nitrogen and oxygen atoms in total. The Bertz CT molecular complexity index is 1130. The van der Waals surface area contributed by atoms with E-state index in [2.05, 4.69) is 19.8 Å². The first-order valence-electron chi connectivity index (χ1n) is 9.20. The number of H-pyrrole nitrogens is 1. The van der Waals surface area contributed by atoms with Crippen LogP contribution in [0.3, 0.4) is 0 Å². The number of thiophene rings is 2. The lowest BCUT2D eigenvalue weighted by Crippen LogP contribution is -2.46. The van der Waals surface area contributed by atoms with Gasteiger partial charge in [-0.05, 0) is 23.6 Å². The van der Waals surface area contributed by atoms with E-state index in [9.17, 15) is 4.79 Å². The molecule has 142 valence electrons. The first-order chi connectivity index (χ1) is 13.8. The second-order valence-electron chi connectivity index (χ2n) is 6.77. The molecule has 8 heteroatoms. The van der Waals surface area contributed by atoms with Gasteiger partial charge in [0.2, 0.25) is 0 Å². The van der Waals surface area contributed by atoms with Crippen molar-refractivity contribution in [3.05, 3.63) is 63.5 Å². The topological polar surface area (TPSA) is 65.1 Å². The highest BCUT2D eigenvalue weighted by molar-refractivity contribution is 7.18. The van der Waals surface area contributed by atoms with E-state index in [-0.39, 0.29) is 5.56 Å². The summed E-state index contributed by atoms with van der Waals surface area (Å²) in [5.41, 5.74) is 0.941. The maximum atomic E-state index is 12.7. The largest absolute Gasteiger partial charge is 0.354 e. The highest BCUT2D eigenvalue weighted by Crippen LogP contribution is 2.33. The molecular weight excluding hydrogens is 390 g/mol. The van der Waals surface area contributed by atoms with Crippen molar-refractivity contribution in [3.8, 4) is 10.4 Å². The fraction of sp³-hybridized carbons (Fsp3) is 0.250. The van der Waals surface area contributed by atoms with E-state index in [1.807, 2.05) is 47.3 Å².